The third-order valence-corrected chi connectivity index (χ3v) is 2.61. The number of carbonyl (C=O) groups excluding carboxylic acids is 1. The summed E-state index contributed by atoms with van der Waals surface area (Å²) in [6.45, 7) is 5.50. The highest BCUT2D eigenvalue weighted by Crippen LogP contribution is 2.27. The molecule has 0 aliphatic rings. The van der Waals surface area contributed by atoms with Crippen LogP contribution < -0.4 is 0 Å². The van der Waals surface area contributed by atoms with Gasteiger partial charge in [-0.3, -0.25) is 0 Å². The van der Waals surface area contributed by atoms with Gasteiger partial charge in [-0.1, -0.05) is 25.8 Å². The molecule has 15 heavy (non-hydrogen) atoms. The molecule has 0 bridgehead atoms. The van der Waals surface area contributed by atoms with Crippen LogP contribution in [0.3, 0.4) is 0 Å². The van der Waals surface area contributed by atoms with Crippen molar-refractivity contribution < 1.29 is 9.53 Å². The van der Waals surface area contributed by atoms with Crippen LogP contribution in [0.2, 0.25) is 0 Å². The number of hydrogen-bond acceptors (Lipinski definition) is 3. The van der Waals surface area contributed by atoms with Crippen molar-refractivity contribution in [2.45, 2.75) is 40.0 Å². The number of nitrogens with zero attached hydrogens (tertiary/aromatic N) is 1. The Hall–Kier alpha value is -1.30. The van der Waals surface area contributed by atoms with Gasteiger partial charge in [0.2, 0.25) is 0 Å². The van der Waals surface area contributed by atoms with Gasteiger partial charge < -0.3 is 4.74 Å². The predicted molar refractivity (Wildman–Crippen MR) is 59.0 cm³/mol. The third kappa shape index (κ3) is 3.39. The van der Waals surface area contributed by atoms with Crippen LogP contribution in [0.15, 0.2) is 11.6 Å². The fraction of sp³-hybridized carbons (Fsp3) is 0.667. The number of methoxy groups -OCH3 is 1. The van der Waals surface area contributed by atoms with E-state index >= 15 is 0 Å². The Morgan fingerprint density at radius 2 is 2.20 bits per heavy atom. The van der Waals surface area contributed by atoms with Crippen molar-refractivity contribution in [3.05, 3.63) is 11.6 Å². The fourth-order valence-corrected chi connectivity index (χ4v) is 1.23. The van der Waals surface area contributed by atoms with E-state index in [1.807, 2.05) is 12.1 Å². The standard InChI is InChI=1S/C12H19NO2/c1-5-6-7-8-10(2)12(3,9-13)11(14)15-4/h8H,5-7H2,1-4H3/b10-8+/t12-/m0/s1. The molecule has 0 heterocycles. The van der Waals surface area contributed by atoms with Gasteiger partial charge in [-0.2, -0.15) is 5.26 Å². The molecule has 3 nitrogen and oxygen atoms in total. The lowest BCUT2D eigenvalue weighted by molar-refractivity contribution is -0.146. The summed E-state index contributed by atoms with van der Waals surface area (Å²) in [6.07, 6.45) is 5.02. The third-order valence-electron chi connectivity index (χ3n) is 2.61. The van der Waals surface area contributed by atoms with Crippen molar-refractivity contribution in [1.29, 1.82) is 5.26 Å². The number of carbonyl (C=O) groups is 1. The predicted octanol–water partition coefficient (Wildman–Crippen LogP) is 2.83. The largest absolute Gasteiger partial charge is 0.468 e. The van der Waals surface area contributed by atoms with Gasteiger partial charge in [0.25, 0.3) is 0 Å². The van der Waals surface area contributed by atoms with E-state index in [1.165, 1.54) is 7.11 Å². The van der Waals surface area contributed by atoms with Crippen LogP contribution in [-0.4, -0.2) is 13.1 Å². The number of hydrogen-bond donors (Lipinski definition) is 0. The molecule has 0 saturated heterocycles. The summed E-state index contributed by atoms with van der Waals surface area (Å²) < 4.78 is 4.63. The molecule has 0 spiro atoms. The molecule has 3 heteroatoms. The lowest BCUT2D eigenvalue weighted by Crippen LogP contribution is -2.28. The molecule has 0 aliphatic carbocycles. The molecule has 0 amide bonds. The van der Waals surface area contributed by atoms with Gasteiger partial charge >= 0.3 is 5.97 Å². The molecule has 0 radical (unpaired) electrons. The Morgan fingerprint density at radius 3 is 2.60 bits per heavy atom. The first-order chi connectivity index (χ1) is 7.02. The summed E-state index contributed by atoms with van der Waals surface area (Å²) in [4.78, 5) is 11.5. The summed E-state index contributed by atoms with van der Waals surface area (Å²) in [5, 5.41) is 9.02. The minimum absolute atomic E-state index is 0.491. The van der Waals surface area contributed by atoms with Gasteiger partial charge in [-0.15, -0.1) is 0 Å². The highest BCUT2D eigenvalue weighted by atomic mass is 16.5. The maximum Gasteiger partial charge on any atom is 0.330 e. The Morgan fingerprint density at radius 1 is 1.60 bits per heavy atom. The van der Waals surface area contributed by atoms with Crippen LogP contribution in [0.5, 0.6) is 0 Å². The number of rotatable bonds is 5. The Balaban J connectivity index is 4.74. The van der Waals surface area contributed by atoms with E-state index in [2.05, 4.69) is 11.7 Å². The quantitative estimate of drug-likeness (QED) is 0.397. The summed E-state index contributed by atoms with van der Waals surface area (Å²) in [5.74, 6) is -0.491. The van der Waals surface area contributed by atoms with E-state index in [0.717, 1.165) is 24.8 Å². The molecule has 0 saturated carbocycles. The number of ether oxygens (including phenoxy) is 1. The van der Waals surface area contributed by atoms with Gasteiger partial charge in [-0.25, -0.2) is 4.79 Å². The van der Waals surface area contributed by atoms with Crippen molar-refractivity contribution in [2.24, 2.45) is 5.41 Å². The zero-order chi connectivity index (χ0) is 11.9. The maximum absolute atomic E-state index is 11.5. The lowest BCUT2D eigenvalue weighted by Gasteiger charge is -2.19. The molecule has 0 aromatic carbocycles. The first-order valence-corrected chi connectivity index (χ1v) is 5.19. The second-order valence-corrected chi connectivity index (χ2v) is 3.76. The molecule has 0 aromatic heterocycles. The van der Waals surface area contributed by atoms with Crippen molar-refractivity contribution >= 4 is 5.97 Å². The van der Waals surface area contributed by atoms with Crippen molar-refractivity contribution in [3.8, 4) is 6.07 Å². The topological polar surface area (TPSA) is 50.1 Å². The lowest BCUT2D eigenvalue weighted by atomic mass is 9.84. The van der Waals surface area contributed by atoms with Crippen LogP contribution in [0.1, 0.15) is 40.0 Å². The van der Waals surface area contributed by atoms with Gasteiger partial charge in [-0.05, 0) is 25.8 Å². The van der Waals surface area contributed by atoms with Crippen LogP contribution >= 0.6 is 0 Å². The summed E-state index contributed by atoms with van der Waals surface area (Å²) in [7, 11) is 1.30. The summed E-state index contributed by atoms with van der Waals surface area (Å²) in [6, 6.07) is 2.01. The van der Waals surface area contributed by atoms with Crippen molar-refractivity contribution in [3.63, 3.8) is 0 Å². The van der Waals surface area contributed by atoms with Crippen LogP contribution in [0, 0.1) is 16.7 Å². The highest BCUT2D eigenvalue weighted by molar-refractivity contribution is 5.83. The molecule has 0 unspecified atom stereocenters. The van der Waals surface area contributed by atoms with Gasteiger partial charge in [0.15, 0.2) is 5.41 Å². The first-order valence-electron chi connectivity index (χ1n) is 5.19. The molecular weight excluding hydrogens is 190 g/mol. The minimum Gasteiger partial charge on any atom is -0.468 e. The number of unbranched alkanes of at least 4 members (excludes halogenated alkanes) is 2. The molecule has 0 fully saturated rings. The summed E-state index contributed by atoms with van der Waals surface area (Å²) >= 11 is 0. The number of nitriles is 1. The normalized spacial score (nSPS) is 15.3. The van der Waals surface area contributed by atoms with E-state index in [4.69, 9.17) is 5.26 Å². The van der Waals surface area contributed by atoms with E-state index in [-0.39, 0.29) is 0 Å². The molecule has 84 valence electrons. The highest BCUT2D eigenvalue weighted by Gasteiger charge is 2.36. The minimum atomic E-state index is -1.14. The molecular formula is C12H19NO2. The smallest absolute Gasteiger partial charge is 0.330 e. The van der Waals surface area contributed by atoms with Crippen molar-refractivity contribution in [1.82, 2.24) is 0 Å². The zero-order valence-electron chi connectivity index (χ0n) is 9.96. The van der Waals surface area contributed by atoms with Gasteiger partial charge in [0, 0.05) is 0 Å². The first kappa shape index (κ1) is 13.7. The van der Waals surface area contributed by atoms with Crippen LogP contribution in [0.25, 0.3) is 0 Å². The number of allylic oxidation sites excluding steroid dienone is 1. The molecule has 0 aromatic rings. The molecule has 0 N–H and O–H groups in total. The summed E-state index contributed by atoms with van der Waals surface area (Å²) in [5.41, 5.74) is -0.368. The zero-order valence-corrected chi connectivity index (χ0v) is 9.96. The second kappa shape index (κ2) is 6.23. The Labute approximate surface area is 91.7 Å². The van der Waals surface area contributed by atoms with Crippen molar-refractivity contribution in [2.75, 3.05) is 7.11 Å². The SMILES string of the molecule is CCCC/C=C(\C)[C@](C)(C#N)C(=O)OC. The molecule has 0 rings (SSSR count). The molecule has 0 aliphatic heterocycles. The monoisotopic (exact) mass is 209 g/mol. The van der Waals surface area contributed by atoms with Gasteiger partial charge in [0.05, 0.1) is 13.2 Å². The molecule has 1 atom stereocenters. The van der Waals surface area contributed by atoms with Crippen LogP contribution in [-0.2, 0) is 9.53 Å². The van der Waals surface area contributed by atoms with E-state index in [0.29, 0.717) is 0 Å². The van der Waals surface area contributed by atoms with Crippen LogP contribution in [0.4, 0.5) is 0 Å². The van der Waals surface area contributed by atoms with E-state index in [9.17, 15) is 4.79 Å². The number of esters is 1. The Kier molecular flexibility index (Phi) is 5.69. The maximum atomic E-state index is 11.5. The average Bonchev–Trinajstić information content (AvgIpc) is 2.26. The average molecular weight is 209 g/mol. The second-order valence-electron chi connectivity index (χ2n) is 3.76. The Bertz CT molecular complexity index is 288. The van der Waals surface area contributed by atoms with E-state index < -0.39 is 11.4 Å². The fourth-order valence-electron chi connectivity index (χ4n) is 1.23. The van der Waals surface area contributed by atoms with E-state index in [1.54, 1.807) is 13.8 Å². The van der Waals surface area contributed by atoms with Gasteiger partial charge in [0.1, 0.15) is 0 Å².